The Labute approximate surface area is 158 Å². The van der Waals surface area contributed by atoms with Crippen molar-refractivity contribution in [2.45, 2.75) is 38.0 Å². The van der Waals surface area contributed by atoms with Gasteiger partial charge in [0, 0.05) is 11.6 Å². The molecule has 1 saturated carbocycles. The first kappa shape index (κ1) is 19.2. The van der Waals surface area contributed by atoms with Crippen molar-refractivity contribution in [3.63, 3.8) is 0 Å². The van der Waals surface area contributed by atoms with E-state index in [0.29, 0.717) is 17.4 Å². The van der Waals surface area contributed by atoms with Crippen LogP contribution in [0.25, 0.3) is 5.65 Å². The molecular weight excluding hydrogens is 406 g/mol. The van der Waals surface area contributed by atoms with Gasteiger partial charge in [-0.15, -0.1) is 0 Å². The van der Waals surface area contributed by atoms with Gasteiger partial charge in [0.2, 0.25) is 0 Å². The number of halogens is 6. The third kappa shape index (κ3) is 3.40. The maximum Gasteiger partial charge on any atom is 0.437 e. The third-order valence-electron chi connectivity index (χ3n) is 4.48. The fourth-order valence-electron chi connectivity index (χ4n) is 2.90. The lowest BCUT2D eigenvalue weighted by molar-refractivity contribution is -0.143. The summed E-state index contributed by atoms with van der Waals surface area (Å²) in [6.45, 7) is 1.26. The minimum atomic E-state index is -4.84. The average Bonchev–Trinajstić information content (AvgIpc) is 3.26. The molecule has 0 atom stereocenters. The van der Waals surface area contributed by atoms with Crippen molar-refractivity contribution in [3.8, 4) is 0 Å². The van der Waals surface area contributed by atoms with Gasteiger partial charge in [0.15, 0.2) is 11.3 Å². The van der Waals surface area contributed by atoms with Crippen molar-refractivity contribution in [2.75, 3.05) is 5.32 Å². The molecule has 154 valence electrons. The second-order valence-corrected chi connectivity index (χ2v) is 6.66. The number of aromatic nitrogens is 5. The minimum Gasteiger partial charge on any atom is -0.318 e. The normalized spacial score (nSPS) is 15.1. The number of carbonyl (C=O) groups excluding carboxylic acids is 1. The first-order valence-electron chi connectivity index (χ1n) is 8.36. The van der Waals surface area contributed by atoms with E-state index in [9.17, 15) is 31.1 Å². The van der Waals surface area contributed by atoms with Gasteiger partial charge in [-0.1, -0.05) is 0 Å². The van der Waals surface area contributed by atoms with Crippen LogP contribution < -0.4 is 5.32 Å². The number of aromatic amines is 1. The summed E-state index contributed by atoms with van der Waals surface area (Å²) in [5, 5.41) is 10.9. The van der Waals surface area contributed by atoms with Crippen molar-refractivity contribution < 1.29 is 31.1 Å². The first-order chi connectivity index (χ1) is 13.5. The summed E-state index contributed by atoms with van der Waals surface area (Å²) in [6.07, 6.45) is -7.42. The van der Waals surface area contributed by atoms with Gasteiger partial charge in [-0.05, 0) is 25.8 Å². The lowest BCUT2D eigenvalue weighted by atomic mass is 10.2. The van der Waals surface area contributed by atoms with Crippen LogP contribution in [-0.2, 0) is 12.4 Å². The highest BCUT2D eigenvalue weighted by Gasteiger charge is 2.40. The molecule has 1 fully saturated rings. The zero-order valence-electron chi connectivity index (χ0n) is 14.6. The number of aryl methyl sites for hydroxylation is 1. The Morgan fingerprint density at radius 1 is 1.21 bits per heavy atom. The van der Waals surface area contributed by atoms with Crippen LogP contribution in [0.5, 0.6) is 0 Å². The summed E-state index contributed by atoms with van der Waals surface area (Å²) < 4.78 is 79.8. The van der Waals surface area contributed by atoms with Crippen molar-refractivity contribution in [1.29, 1.82) is 0 Å². The molecule has 1 aliphatic carbocycles. The number of nitrogens with zero attached hydrogens (tertiary/aromatic N) is 4. The summed E-state index contributed by atoms with van der Waals surface area (Å²) >= 11 is 0. The van der Waals surface area contributed by atoms with E-state index in [2.05, 4.69) is 25.6 Å². The fourth-order valence-corrected chi connectivity index (χ4v) is 2.90. The van der Waals surface area contributed by atoms with E-state index in [4.69, 9.17) is 0 Å². The van der Waals surface area contributed by atoms with E-state index in [0.717, 1.165) is 12.3 Å². The number of carbonyl (C=O) groups is 1. The molecule has 3 heterocycles. The molecule has 0 bridgehead atoms. The molecule has 0 spiro atoms. The van der Waals surface area contributed by atoms with Crippen LogP contribution in [0.3, 0.4) is 0 Å². The second-order valence-electron chi connectivity index (χ2n) is 6.66. The van der Waals surface area contributed by atoms with Gasteiger partial charge in [0.25, 0.3) is 5.91 Å². The molecule has 7 nitrogen and oxygen atoms in total. The Morgan fingerprint density at radius 2 is 1.90 bits per heavy atom. The Hall–Kier alpha value is -3.12. The monoisotopic (exact) mass is 418 g/mol. The van der Waals surface area contributed by atoms with Crippen molar-refractivity contribution in [1.82, 2.24) is 24.8 Å². The summed E-state index contributed by atoms with van der Waals surface area (Å²) in [6, 6.07) is 0.876. The van der Waals surface area contributed by atoms with Crippen LogP contribution >= 0.6 is 0 Å². The summed E-state index contributed by atoms with van der Waals surface area (Å²) in [7, 11) is 0. The maximum atomic E-state index is 13.4. The number of rotatable bonds is 3. The maximum absolute atomic E-state index is 13.4. The first-order valence-corrected chi connectivity index (χ1v) is 8.36. The zero-order valence-corrected chi connectivity index (χ0v) is 14.6. The molecule has 0 aromatic carbocycles. The lowest BCUT2D eigenvalue weighted by Gasteiger charge is -2.11. The molecular formula is C16H12F6N6O. The zero-order chi connectivity index (χ0) is 21.1. The number of amides is 1. The summed E-state index contributed by atoms with van der Waals surface area (Å²) in [4.78, 5) is 16.7. The molecule has 0 saturated heterocycles. The predicted molar refractivity (Wildman–Crippen MR) is 86.2 cm³/mol. The van der Waals surface area contributed by atoms with Gasteiger partial charge in [0.05, 0.1) is 17.6 Å². The molecule has 1 aliphatic rings. The summed E-state index contributed by atoms with van der Waals surface area (Å²) in [5.74, 6) is -1.23. The standard InChI is InChI=1S/C16H12F6N6O/c1-6-11(12(27-26-6)16(20,21)22)25-14(29)8-5-23-28-10(15(17,18)19)4-9(7-2-3-7)24-13(8)28/h4-5,7H,2-3H2,1H3,(H,25,29)(H,26,27). The number of fused-ring (bicyclic) bond motifs is 1. The fraction of sp³-hybridized carbons (Fsp3) is 0.375. The number of hydrogen-bond donors (Lipinski definition) is 2. The molecule has 13 heteroatoms. The number of H-pyrrole nitrogens is 1. The van der Waals surface area contributed by atoms with E-state index in [1.807, 2.05) is 0 Å². The molecule has 0 unspecified atom stereocenters. The van der Waals surface area contributed by atoms with Crippen LogP contribution in [0.2, 0.25) is 0 Å². The van der Waals surface area contributed by atoms with Crippen molar-refractivity contribution in [3.05, 3.63) is 40.6 Å². The second kappa shape index (κ2) is 6.19. The van der Waals surface area contributed by atoms with E-state index in [-0.39, 0.29) is 28.5 Å². The lowest BCUT2D eigenvalue weighted by Crippen LogP contribution is -2.18. The minimum absolute atomic E-state index is 0.0650. The van der Waals surface area contributed by atoms with Crippen LogP contribution in [-0.4, -0.2) is 30.7 Å². The van der Waals surface area contributed by atoms with E-state index < -0.39 is 35.3 Å². The van der Waals surface area contributed by atoms with E-state index in [1.54, 1.807) is 0 Å². The molecule has 3 aromatic rings. The van der Waals surface area contributed by atoms with Crippen molar-refractivity contribution >= 4 is 17.2 Å². The smallest absolute Gasteiger partial charge is 0.318 e. The number of nitrogens with one attached hydrogen (secondary N) is 2. The molecule has 2 N–H and O–H groups in total. The average molecular weight is 418 g/mol. The van der Waals surface area contributed by atoms with Gasteiger partial charge >= 0.3 is 12.4 Å². The van der Waals surface area contributed by atoms with Gasteiger partial charge in [-0.25, -0.2) is 9.50 Å². The van der Waals surface area contributed by atoms with Gasteiger partial charge in [0.1, 0.15) is 11.3 Å². The van der Waals surface area contributed by atoms with E-state index in [1.165, 1.54) is 6.92 Å². The third-order valence-corrected chi connectivity index (χ3v) is 4.48. The quantitative estimate of drug-likeness (QED) is 0.631. The highest BCUT2D eigenvalue weighted by Crippen LogP contribution is 2.41. The molecule has 29 heavy (non-hydrogen) atoms. The molecule has 0 aliphatic heterocycles. The number of anilines is 1. The Bertz CT molecular complexity index is 1110. The number of hydrogen-bond acceptors (Lipinski definition) is 4. The van der Waals surface area contributed by atoms with Crippen LogP contribution in [0.4, 0.5) is 32.0 Å². The predicted octanol–water partition coefficient (Wildman–Crippen LogP) is 3.93. The molecule has 1 amide bonds. The molecule has 4 rings (SSSR count). The molecule has 3 aromatic heterocycles. The highest BCUT2D eigenvalue weighted by atomic mass is 19.4. The van der Waals surface area contributed by atoms with Crippen molar-refractivity contribution in [2.24, 2.45) is 0 Å². The number of alkyl halides is 6. The van der Waals surface area contributed by atoms with Crippen LogP contribution in [0, 0.1) is 6.92 Å². The van der Waals surface area contributed by atoms with Gasteiger partial charge in [-0.2, -0.15) is 36.5 Å². The Morgan fingerprint density at radius 3 is 2.48 bits per heavy atom. The summed E-state index contributed by atoms with van der Waals surface area (Å²) in [5.41, 5.74) is -3.74. The molecule has 0 radical (unpaired) electrons. The van der Waals surface area contributed by atoms with Gasteiger partial charge < -0.3 is 5.32 Å². The van der Waals surface area contributed by atoms with Crippen LogP contribution in [0.15, 0.2) is 12.3 Å². The Kier molecular flexibility index (Phi) is 4.10. The van der Waals surface area contributed by atoms with Crippen LogP contribution in [0.1, 0.15) is 51.9 Å². The Balaban J connectivity index is 1.78. The topological polar surface area (TPSA) is 88.0 Å². The highest BCUT2D eigenvalue weighted by molar-refractivity contribution is 6.08. The SMILES string of the molecule is Cc1[nH]nc(C(F)(F)F)c1NC(=O)c1cnn2c(C(F)(F)F)cc(C3CC3)nc12. The van der Waals surface area contributed by atoms with E-state index >= 15 is 0 Å². The van der Waals surface area contributed by atoms with Gasteiger partial charge in [-0.3, -0.25) is 9.89 Å². The largest absolute Gasteiger partial charge is 0.437 e.